The number of aromatic carboxylic acids is 1. The van der Waals surface area contributed by atoms with Gasteiger partial charge in [-0.1, -0.05) is 25.1 Å². The molecule has 1 aromatic rings. The maximum atomic E-state index is 10.9. The smallest absolute Gasteiger partial charge is 0.335 e. The number of benzene rings is 1. The van der Waals surface area contributed by atoms with Gasteiger partial charge >= 0.3 is 5.97 Å². The van der Waals surface area contributed by atoms with E-state index in [2.05, 4.69) is 11.8 Å². The Hall–Kier alpha value is -1.35. The van der Waals surface area contributed by atoms with Crippen LogP contribution in [0.25, 0.3) is 0 Å². The van der Waals surface area contributed by atoms with Crippen molar-refractivity contribution in [1.29, 1.82) is 0 Å². The Morgan fingerprint density at radius 3 is 2.67 bits per heavy atom. The molecule has 15 heavy (non-hydrogen) atoms. The monoisotopic (exact) mass is 207 g/mol. The molecular formula is C12H17NO2. The lowest BCUT2D eigenvalue weighted by Crippen LogP contribution is -2.21. The molecule has 0 amide bonds. The third-order valence-electron chi connectivity index (χ3n) is 2.55. The third-order valence-corrected chi connectivity index (χ3v) is 2.55. The molecule has 0 bridgehead atoms. The summed E-state index contributed by atoms with van der Waals surface area (Å²) < 4.78 is 0. The van der Waals surface area contributed by atoms with Crippen molar-refractivity contribution >= 4 is 5.97 Å². The quantitative estimate of drug-likeness (QED) is 0.801. The van der Waals surface area contributed by atoms with Gasteiger partial charge in [0.15, 0.2) is 0 Å². The predicted molar refractivity (Wildman–Crippen MR) is 60.3 cm³/mol. The second-order valence-electron chi connectivity index (χ2n) is 3.61. The van der Waals surface area contributed by atoms with Gasteiger partial charge in [-0.25, -0.2) is 4.79 Å². The maximum Gasteiger partial charge on any atom is 0.335 e. The van der Waals surface area contributed by atoms with Crippen LogP contribution in [0.3, 0.4) is 0 Å². The van der Waals surface area contributed by atoms with Gasteiger partial charge < -0.3 is 10.0 Å². The van der Waals surface area contributed by atoms with Gasteiger partial charge in [-0.05, 0) is 31.6 Å². The van der Waals surface area contributed by atoms with Gasteiger partial charge in [-0.15, -0.1) is 0 Å². The van der Waals surface area contributed by atoms with E-state index in [-0.39, 0.29) is 0 Å². The third kappa shape index (κ3) is 3.36. The van der Waals surface area contributed by atoms with Crippen molar-refractivity contribution in [2.45, 2.75) is 13.3 Å². The highest BCUT2D eigenvalue weighted by Crippen LogP contribution is 2.09. The van der Waals surface area contributed by atoms with Crippen LogP contribution in [-0.4, -0.2) is 36.1 Å². The van der Waals surface area contributed by atoms with Crippen LogP contribution in [0.15, 0.2) is 24.3 Å². The summed E-state index contributed by atoms with van der Waals surface area (Å²) in [6, 6.07) is 7.18. The van der Waals surface area contributed by atoms with Gasteiger partial charge in [0.05, 0.1) is 5.56 Å². The Bertz CT molecular complexity index is 336. The molecule has 0 heterocycles. The van der Waals surface area contributed by atoms with Crippen LogP contribution in [0.5, 0.6) is 0 Å². The fourth-order valence-corrected chi connectivity index (χ4v) is 1.42. The zero-order chi connectivity index (χ0) is 11.3. The SMILES string of the molecule is CCN(C)CCc1ccccc1C(=O)O. The largest absolute Gasteiger partial charge is 0.478 e. The summed E-state index contributed by atoms with van der Waals surface area (Å²) in [5, 5.41) is 8.97. The highest BCUT2D eigenvalue weighted by atomic mass is 16.4. The summed E-state index contributed by atoms with van der Waals surface area (Å²) in [6.45, 7) is 3.96. The van der Waals surface area contributed by atoms with Crippen LogP contribution in [-0.2, 0) is 6.42 Å². The molecule has 1 N–H and O–H groups in total. The van der Waals surface area contributed by atoms with Crippen LogP contribution in [0.4, 0.5) is 0 Å². The van der Waals surface area contributed by atoms with Crippen molar-refractivity contribution in [3.63, 3.8) is 0 Å². The van der Waals surface area contributed by atoms with E-state index in [4.69, 9.17) is 5.11 Å². The van der Waals surface area contributed by atoms with E-state index in [9.17, 15) is 4.79 Å². The van der Waals surface area contributed by atoms with E-state index in [1.54, 1.807) is 12.1 Å². The van der Waals surface area contributed by atoms with E-state index in [0.29, 0.717) is 5.56 Å². The van der Waals surface area contributed by atoms with E-state index in [0.717, 1.165) is 25.1 Å². The second-order valence-corrected chi connectivity index (χ2v) is 3.61. The molecule has 0 spiro atoms. The first-order valence-corrected chi connectivity index (χ1v) is 5.15. The molecular weight excluding hydrogens is 190 g/mol. The number of carboxylic acid groups (broad SMARTS) is 1. The van der Waals surface area contributed by atoms with Crippen LogP contribution < -0.4 is 0 Å². The van der Waals surface area contributed by atoms with Crippen molar-refractivity contribution in [1.82, 2.24) is 4.90 Å². The zero-order valence-electron chi connectivity index (χ0n) is 9.23. The molecule has 0 unspecified atom stereocenters. The standard InChI is InChI=1S/C12H17NO2/c1-3-13(2)9-8-10-6-4-5-7-11(10)12(14)15/h4-7H,3,8-9H2,1-2H3,(H,14,15). The van der Waals surface area contributed by atoms with Crippen molar-refractivity contribution < 1.29 is 9.90 Å². The summed E-state index contributed by atoms with van der Waals surface area (Å²) >= 11 is 0. The number of hydrogen-bond acceptors (Lipinski definition) is 2. The molecule has 82 valence electrons. The second kappa shape index (κ2) is 5.51. The zero-order valence-corrected chi connectivity index (χ0v) is 9.23. The number of likely N-dealkylation sites (N-methyl/N-ethyl adjacent to an activating group) is 1. The minimum absolute atomic E-state index is 0.419. The lowest BCUT2D eigenvalue weighted by atomic mass is 10.0. The molecule has 3 nitrogen and oxygen atoms in total. The van der Waals surface area contributed by atoms with E-state index >= 15 is 0 Å². The molecule has 0 fully saturated rings. The molecule has 0 saturated carbocycles. The predicted octanol–water partition coefficient (Wildman–Crippen LogP) is 1.88. The van der Waals surface area contributed by atoms with Gasteiger partial charge in [0.25, 0.3) is 0 Å². The van der Waals surface area contributed by atoms with Gasteiger partial charge in [0.2, 0.25) is 0 Å². The van der Waals surface area contributed by atoms with Crippen molar-refractivity contribution in [3.8, 4) is 0 Å². The summed E-state index contributed by atoms with van der Waals surface area (Å²) in [6.07, 6.45) is 0.785. The summed E-state index contributed by atoms with van der Waals surface area (Å²) in [4.78, 5) is 13.1. The number of carboxylic acids is 1. The molecule has 1 aromatic carbocycles. The Morgan fingerprint density at radius 2 is 2.07 bits per heavy atom. The first-order chi connectivity index (χ1) is 7.15. The molecule has 0 aliphatic rings. The highest BCUT2D eigenvalue weighted by molar-refractivity contribution is 5.89. The van der Waals surface area contributed by atoms with Gasteiger partial charge in [-0.3, -0.25) is 0 Å². The minimum atomic E-state index is -0.843. The Labute approximate surface area is 90.3 Å². The number of hydrogen-bond donors (Lipinski definition) is 1. The first kappa shape index (κ1) is 11.7. The molecule has 0 saturated heterocycles. The van der Waals surface area contributed by atoms with E-state index in [1.807, 2.05) is 19.2 Å². The van der Waals surface area contributed by atoms with Crippen molar-refractivity contribution in [3.05, 3.63) is 35.4 Å². The fraction of sp³-hybridized carbons (Fsp3) is 0.417. The summed E-state index contributed by atoms with van der Waals surface area (Å²) in [7, 11) is 2.03. The van der Waals surface area contributed by atoms with Crippen LogP contribution in [0, 0.1) is 0 Å². The molecule has 1 rings (SSSR count). The van der Waals surface area contributed by atoms with Crippen molar-refractivity contribution in [2.24, 2.45) is 0 Å². The summed E-state index contributed by atoms with van der Waals surface area (Å²) in [5.41, 5.74) is 1.33. The molecule has 0 atom stereocenters. The van der Waals surface area contributed by atoms with E-state index < -0.39 is 5.97 Å². The normalized spacial score (nSPS) is 10.6. The molecule has 3 heteroatoms. The lowest BCUT2D eigenvalue weighted by Gasteiger charge is -2.14. The van der Waals surface area contributed by atoms with Gasteiger partial charge in [0, 0.05) is 6.54 Å². The highest BCUT2D eigenvalue weighted by Gasteiger charge is 2.08. The van der Waals surface area contributed by atoms with Crippen LogP contribution in [0.2, 0.25) is 0 Å². The molecule has 0 radical (unpaired) electrons. The molecule has 0 aliphatic carbocycles. The number of carbonyl (C=O) groups is 1. The van der Waals surface area contributed by atoms with Crippen LogP contribution >= 0.6 is 0 Å². The van der Waals surface area contributed by atoms with Gasteiger partial charge in [0.1, 0.15) is 0 Å². The number of nitrogens with zero attached hydrogens (tertiary/aromatic N) is 1. The molecule has 0 aliphatic heterocycles. The molecule has 0 aromatic heterocycles. The topological polar surface area (TPSA) is 40.5 Å². The summed E-state index contributed by atoms with van der Waals surface area (Å²) in [5.74, 6) is -0.843. The van der Waals surface area contributed by atoms with Crippen LogP contribution in [0.1, 0.15) is 22.8 Å². The Morgan fingerprint density at radius 1 is 1.40 bits per heavy atom. The average Bonchev–Trinajstić information content (AvgIpc) is 2.26. The first-order valence-electron chi connectivity index (χ1n) is 5.15. The minimum Gasteiger partial charge on any atom is -0.478 e. The average molecular weight is 207 g/mol. The van der Waals surface area contributed by atoms with E-state index in [1.165, 1.54) is 0 Å². The maximum absolute atomic E-state index is 10.9. The fourth-order valence-electron chi connectivity index (χ4n) is 1.42. The lowest BCUT2D eigenvalue weighted by molar-refractivity contribution is 0.0695. The van der Waals surface area contributed by atoms with Crippen molar-refractivity contribution in [2.75, 3.05) is 20.1 Å². The number of rotatable bonds is 5. The Kier molecular flexibility index (Phi) is 4.31. The van der Waals surface area contributed by atoms with Gasteiger partial charge in [-0.2, -0.15) is 0 Å². The Balaban J connectivity index is 2.72.